The summed E-state index contributed by atoms with van der Waals surface area (Å²) in [6, 6.07) is 10.8. The minimum Gasteiger partial charge on any atom is -0.480 e. The number of benzene rings is 2. The number of esters is 1. The smallest absolute Gasteiger partial charge is 0.343 e. The van der Waals surface area contributed by atoms with E-state index < -0.39 is 5.97 Å². The summed E-state index contributed by atoms with van der Waals surface area (Å²) in [5, 5.41) is 1.69. The van der Waals surface area contributed by atoms with E-state index in [-0.39, 0.29) is 12.2 Å². The topological polar surface area (TPSA) is 57.5 Å². The number of hydrogen-bond acceptors (Lipinski definition) is 4. The number of carbonyl (C=O) groups excluding carboxylic acids is 1. The number of fused-ring (bicyclic) bond motifs is 1. The number of halogens is 2. The number of pyridine rings is 1. The summed E-state index contributed by atoms with van der Waals surface area (Å²) in [6.07, 6.45) is 0.439. The van der Waals surface area contributed by atoms with Crippen molar-refractivity contribution in [3.63, 3.8) is 0 Å². The van der Waals surface area contributed by atoms with Gasteiger partial charge in [0, 0.05) is 29.4 Å². The standard InChI is InChI=1S/C21H19Cl2NO4/c1-12-15(10-13-4-6-14(22)7-5-13)21(26)24(2)17-9-8-16(23)20(19(12)17)28-11-18(25)27-3/h4-9H,10-11H2,1-3H3. The Kier molecular flexibility index (Phi) is 5.96. The highest BCUT2D eigenvalue weighted by molar-refractivity contribution is 6.33. The fourth-order valence-corrected chi connectivity index (χ4v) is 3.50. The van der Waals surface area contributed by atoms with E-state index in [1.165, 1.54) is 7.11 Å². The molecule has 0 aliphatic heterocycles. The van der Waals surface area contributed by atoms with Crippen LogP contribution in [0, 0.1) is 6.92 Å². The predicted octanol–water partition coefficient (Wildman–Crippen LogP) is 4.30. The Balaban J connectivity index is 2.18. The number of carbonyl (C=O) groups is 1. The predicted molar refractivity (Wildman–Crippen MR) is 111 cm³/mol. The van der Waals surface area contributed by atoms with Gasteiger partial charge in [0.2, 0.25) is 0 Å². The van der Waals surface area contributed by atoms with Crippen molar-refractivity contribution in [3.05, 3.63) is 73.5 Å². The third kappa shape index (κ3) is 3.86. The van der Waals surface area contributed by atoms with Crippen LogP contribution >= 0.6 is 23.2 Å². The van der Waals surface area contributed by atoms with Gasteiger partial charge in [0.25, 0.3) is 5.56 Å². The number of aryl methyl sites for hydroxylation is 2. The molecule has 146 valence electrons. The molecule has 0 aliphatic carbocycles. The maximum atomic E-state index is 13.0. The SMILES string of the molecule is COC(=O)COc1c(Cl)ccc2c1c(C)c(Cc1ccc(Cl)cc1)c(=O)n2C. The van der Waals surface area contributed by atoms with Crippen molar-refractivity contribution >= 4 is 40.1 Å². The Hall–Kier alpha value is -2.50. The summed E-state index contributed by atoms with van der Waals surface area (Å²) in [7, 11) is 2.99. The molecule has 1 heterocycles. The first-order valence-corrected chi connectivity index (χ1v) is 9.33. The summed E-state index contributed by atoms with van der Waals surface area (Å²) in [5.74, 6) is -0.160. The zero-order valence-electron chi connectivity index (χ0n) is 15.7. The average Bonchev–Trinajstić information content (AvgIpc) is 2.69. The minimum absolute atomic E-state index is 0.0961. The largest absolute Gasteiger partial charge is 0.480 e. The minimum atomic E-state index is -0.517. The van der Waals surface area contributed by atoms with E-state index in [9.17, 15) is 9.59 Å². The van der Waals surface area contributed by atoms with Crippen LogP contribution in [0.25, 0.3) is 10.9 Å². The summed E-state index contributed by atoms with van der Waals surface area (Å²) >= 11 is 12.3. The molecule has 7 heteroatoms. The fraction of sp³-hybridized carbons (Fsp3) is 0.238. The van der Waals surface area contributed by atoms with Crippen LogP contribution in [0.5, 0.6) is 5.75 Å². The molecule has 0 fully saturated rings. The van der Waals surface area contributed by atoms with E-state index in [2.05, 4.69) is 4.74 Å². The van der Waals surface area contributed by atoms with Gasteiger partial charge in [-0.05, 0) is 42.3 Å². The number of aromatic nitrogens is 1. The summed E-state index contributed by atoms with van der Waals surface area (Å²) in [5.41, 5.74) is 2.92. The molecule has 28 heavy (non-hydrogen) atoms. The van der Waals surface area contributed by atoms with Crippen LogP contribution in [0.1, 0.15) is 16.7 Å². The quantitative estimate of drug-likeness (QED) is 0.578. The van der Waals surface area contributed by atoms with E-state index in [1.54, 1.807) is 35.9 Å². The van der Waals surface area contributed by atoms with E-state index in [1.807, 2.05) is 19.1 Å². The van der Waals surface area contributed by atoms with E-state index in [0.717, 1.165) is 11.1 Å². The molecule has 0 saturated heterocycles. The highest BCUT2D eigenvalue weighted by Gasteiger charge is 2.19. The van der Waals surface area contributed by atoms with Gasteiger partial charge in [-0.2, -0.15) is 0 Å². The third-order valence-corrected chi connectivity index (χ3v) is 5.25. The van der Waals surface area contributed by atoms with Crippen molar-refractivity contribution in [1.82, 2.24) is 4.57 Å². The number of methoxy groups -OCH3 is 1. The van der Waals surface area contributed by atoms with Crippen LogP contribution in [0.2, 0.25) is 10.0 Å². The molecule has 0 spiro atoms. The molecule has 0 N–H and O–H groups in total. The summed E-state index contributed by atoms with van der Waals surface area (Å²) in [4.78, 5) is 24.5. The molecule has 0 unspecified atom stereocenters. The van der Waals surface area contributed by atoms with Gasteiger partial charge < -0.3 is 14.0 Å². The Morgan fingerprint density at radius 2 is 1.79 bits per heavy atom. The van der Waals surface area contributed by atoms with E-state index in [0.29, 0.717) is 38.7 Å². The summed E-state index contributed by atoms with van der Waals surface area (Å²) < 4.78 is 11.9. The monoisotopic (exact) mass is 419 g/mol. The first-order valence-electron chi connectivity index (χ1n) is 8.58. The third-order valence-electron chi connectivity index (χ3n) is 4.70. The molecule has 0 amide bonds. The second-order valence-electron chi connectivity index (χ2n) is 6.41. The van der Waals surface area contributed by atoms with Crippen molar-refractivity contribution in [3.8, 4) is 5.75 Å². The maximum absolute atomic E-state index is 13.0. The van der Waals surface area contributed by atoms with Crippen molar-refractivity contribution in [2.45, 2.75) is 13.3 Å². The number of nitrogens with zero attached hydrogens (tertiary/aromatic N) is 1. The van der Waals surface area contributed by atoms with Gasteiger partial charge in [0.05, 0.1) is 17.6 Å². The zero-order valence-corrected chi connectivity index (χ0v) is 17.2. The van der Waals surface area contributed by atoms with Crippen molar-refractivity contribution < 1.29 is 14.3 Å². The molecular formula is C21H19Cl2NO4. The van der Waals surface area contributed by atoms with Crippen LogP contribution in [0.3, 0.4) is 0 Å². The Morgan fingerprint density at radius 1 is 1.11 bits per heavy atom. The molecule has 5 nitrogen and oxygen atoms in total. The van der Waals surface area contributed by atoms with E-state index in [4.69, 9.17) is 27.9 Å². The molecular weight excluding hydrogens is 401 g/mol. The Labute approximate surface area is 172 Å². The van der Waals surface area contributed by atoms with Gasteiger partial charge in [0.15, 0.2) is 6.61 Å². The molecule has 3 aromatic rings. The Morgan fingerprint density at radius 3 is 2.43 bits per heavy atom. The average molecular weight is 420 g/mol. The lowest BCUT2D eigenvalue weighted by atomic mass is 9.98. The summed E-state index contributed by atoms with van der Waals surface area (Å²) in [6.45, 7) is 1.58. The first kappa shape index (κ1) is 20.2. The van der Waals surface area contributed by atoms with Gasteiger partial charge in [-0.25, -0.2) is 4.79 Å². The Bertz CT molecular complexity index is 1100. The van der Waals surface area contributed by atoms with Crippen LogP contribution in [-0.4, -0.2) is 24.3 Å². The van der Waals surface area contributed by atoms with Crippen molar-refractivity contribution in [1.29, 1.82) is 0 Å². The van der Waals surface area contributed by atoms with Gasteiger partial charge >= 0.3 is 5.97 Å². The second kappa shape index (κ2) is 8.25. The molecule has 2 aromatic carbocycles. The molecule has 0 atom stereocenters. The van der Waals surface area contributed by atoms with Gasteiger partial charge in [0.1, 0.15) is 5.75 Å². The number of hydrogen-bond donors (Lipinski definition) is 0. The second-order valence-corrected chi connectivity index (χ2v) is 7.25. The van der Waals surface area contributed by atoms with Gasteiger partial charge in [-0.1, -0.05) is 35.3 Å². The number of ether oxygens (including phenoxy) is 2. The normalized spacial score (nSPS) is 10.9. The van der Waals surface area contributed by atoms with Crippen LogP contribution < -0.4 is 10.3 Å². The molecule has 0 saturated carbocycles. The molecule has 1 aromatic heterocycles. The van der Waals surface area contributed by atoms with Crippen molar-refractivity contribution in [2.75, 3.05) is 13.7 Å². The maximum Gasteiger partial charge on any atom is 0.343 e. The number of rotatable bonds is 5. The lowest BCUT2D eigenvalue weighted by Crippen LogP contribution is -2.24. The fourth-order valence-electron chi connectivity index (χ4n) is 3.16. The van der Waals surface area contributed by atoms with Crippen molar-refractivity contribution in [2.24, 2.45) is 7.05 Å². The molecule has 0 radical (unpaired) electrons. The van der Waals surface area contributed by atoms with Crippen LogP contribution in [0.15, 0.2) is 41.2 Å². The van der Waals surface area contributed by atoms with E-state index >= 15 is 0 Å². The lowest BCUT2D eigenvalue weighted by molar-refractivity contribution is -0.142. The van der Waals surface area contributed by atoms with Gasteiger partial charge in [-0.15, -0.1) is 0 Å². The lowest BCUT2D eigenvalue weighted by Gasteiger charge is -2.17. The van der Waals surface area contributed by atoms with Crippen LogP contribution in [-0.2, 0) is 23.0 Å². The molecule has 3 rings (SSSR count). The van der Waals surface area contributed by atoms with Crippen LogP contribution in [0.4, 0.5) is 0 Å². The zero-order chi connectivity index (χ0) is 20.4. The first-order chi connectivity index (χ1) is 13.3. The molecule has 0 aliphatic rings. The molecule has 0 bridgehead atoms. The van der Waals surface area contributed by atoms with Gasteiger partial charge in [-0.3, -0.25) is 4.79 Å². The highest BCUT2D eigenvalue weighted by Crippen LogP contribution is 2.36. The highest BCUT2D eigenvalue weighted by atomic mass is 35.5.